The highest BCUT2D eigenvalue weighted by atomic mass is 32.2. The first kappa shape index (κ1) is 22.9. The standard InChI is InChI=1S/C22H31N3O3S/c1-16(2)14-21(24-29(27,28)20-12-6-17(3)7-13-20)22(26)23-15-18-8-10-19(11-9-18)25(4)5/h6-13,16,21,24H,14-15H2,1-5H3,(H,23,26)/t21-/m0/s1. The van der Waals surface area contributed by atoms with Crippen molar-refractivity contribution in [1.29, 1.82) is 0 Å². The molecule has 0 radical (unpaired) electrons. The van der Waals surface area contributed by atoms with Crippen LogP contribution in [0.15, 0.2) is 53.4 Å². The monoisotopic (exact) mass is 417 g/mol. The number of carbonyl (C=O) groups is 1. The van der Waals surface area contributed by atoms with Crippen molar-refractivity contribution in [2.75, 3.05) is 19.0 Å². The molecular formula is C22H31N3O3S. The van der Waals surface area contributed by atoms with Gasteiger partial charge in [-0.3, -0.25) is 4.79 Å². The molecule has 0 unspecified atom stereocenters. The van der Waals surface area contributed by atoms with Crippen LogP contribution in [0.5, 0.6) is 0 Å². The van der Waals surface area contributed by atoms with Gasteiger partial charge in [-0.15, -0.1) is 0 Å². The molecule has 0 saturated carbocycles. The number of amides is 1. The number of nitrogens with one attached hydrogen (secondary N) is 2. The third kappa shape index (κ3) is 6.87. The van der Waals surface area contributed by atoms with Crippen molar-refractivity contribution in [2.24, 2.45) is 5.92 Å². The van der Waals surface area contributed by atoms with Gasteiger partial charge in [0.1, 0.15) is 6.04 Å². The molecule has 1 amide bonds. The van der Waals surface area contributed by atoms with E-state index in [4.69, 9.17) is 0 Å². The summed E-state index contributed by atoms with van der Waals surface area (Å²) in [5.74, 6) is -0.170. The lowest BCUT2D eigenvalue weighted by Gasteiger charge is -2.20. The number of hydrogen-bond donors (Lipinski definition) is 2. The highest BCUT2D eigenvalue weighted by Gasteiger charge is 2.26. The summed E-state index contributed by atoms with van der Waals surface area (Å²) in [6.07, 6.45) is 0.413. The molecule has 2 aromatic carbocycles. The zero-order valence-electron chi connectivity index (χ0n) is 17.8. The molecule has 1 atom stereocenters. The molecule has 0 heterocycles. The van der Waals surface area contributed by atoms with Gasteiger partial charge in [-0.2, -0.15) is 4.72 Å². The Hall–Kier alpha value is -2.38. The first-order chi connectivity index (χ1) is 13.6. The molecule has 2 N–H and O–H groups in total. The Kier molecular flexibility index (Phi) is 7.81. The second kappa shape index (κ2) is 9.89. The zero-order chi connectivity index (χ0) is 21.6. The summed E-state index contributed by atoms with van der Waals surface area (Å²) in [6.45, 7) is 6.15. The highest BCUT2D eigenvalue weighted by Crippen LogP contribution is 2.15. The fourth-order valence-corrected chi connectivity index (χ4v) is 4.09. The number of sulfonamides is 1. The van der Waals surface area contributed by atoms with Crippen LogP contribution in [0.4, 0.5) is 5.69 Å². The average molecular weight is 418 g/mol. The summed E-state index contributed by atoms with van der Waals surface area (Å²) >= 11 is 0. The van der Waals surface area contributed by atoms with Crippen molar-refractivity contribution >= 4 is 21.6 Å². The summed E-state index contributed by atoms with van der Waals surface area (Å²) < 4.78 is 28.0. The minimum atomic E-state index is -3.78. The van der Waals surface area contributed by atoms with Crippen LogP contribution in [0.2, 0.25) is 0 Å². The van der Waals surface area contributed by atoms with Gasteiger partial charge in [-0.05, 0) is 49.1 Å². The molecule has 0 spiro atoms. The van der Waals surface area contributed by atoms with Gasteiger partial charge in [0.15, 0.2) is 0 Å². The molecule has 0 aliphatic carbocycles. The molecule has 158 valence electrons. The lowest BCUT2D eigenvalue weighted by atomic mass is 10.0. The molecule has 0 bridgehead atoms. The van der Waals surface area contributed by atoms with Gasteiger partial charge in [0.2, 0.25) is 15.9 Å². The Bertz CT molecular complexity index is 905. The van der Waals surface area contributed by atoms with Crippen LogP contribution in [0.25, 0.3) is 0 Å². The molecule has 0 aliphatic heterocycles. The number of benzene rings is 2. The summed E-state index contributed by atoms with van der Waals surface area (Å²) in [7, 11) is 0.150. The van der Waals surface area contributed by atoms with Gasteiger partial charge in [0.25, 0.3) is 0 Å². The number of nitrogens with zero attached hydrogens (tertiary/aromatic N) is 1. The van der Waals surface area contributed by atoms with E-state index < -0.39 is 16.1 Å². The zero-order valence-corrected chi connectivity index (χ0v) is 18.6. The van der Waals surface area contributed by atoms with Crippen LogP contribution < -0.4 is 14.9 Å². The van der Waals surface area contributed by atoms with Crippen LogP contribution in [0, 0.1) is 12.8 Å². The lowest BCUT2D eigenvalue weighted by Crippen LogP contribution is -2.47. The Morgan fingerprint density at radius 3 is 2.10 bits per heavy atom. The maximum Gasteiger partial charge on any atom is 0.241 e. The smallest absolute Gasteiger partial charge is 0.241 e. The number of carbonyl (C=O) groups excluding carboxylic acids is 1. The summed E-state index contributed by atoms with van der Waals surface area (Å²) in [4.78, 5) is 14.9. The van der Waals surface area contributed by atoms with Gasteiger partial charge < -0.3 is 10.2 Å². The fraction of sp³-hybridized carbons (Fsp3) is 0.409. The Morgan fingerprint density at radius 2 is 1.59 bits per heavy atom. The quantitative estimate of drug-likeness (QED) is 0.657. The SMILES string of the molecule is Cc1ccc(S(=O)(=O)N[C@@H](CC(C)C)C(=O)NCc2ccc(N(C)C)cc2)cc1. The van der Waals surface area contributed by atoms with E-state index >= 15 is 0 Å². The van der Waals surface area contributed by atoms with Crippen LogP contribution in [-0.2, 0) is 21.4 Å². The van der Waals surface area contributed by atoms with Gasteiger partial charge in [0.05, 0.1) is 4.90 Å². The molecule has 2 aromatic rings. The third-order valence-corrected chi connectivity index (χ3v) is 6.06. The second-order valence-corrected chi connectivity index (χ2v) is 9.61. The van der Waals surface area contributed by atoms with E-state index in [1.54, 1.807) is 24.3 Å². The van der Waals surface area contributed by atoms with Crippen molar-refractivity contribution < 1.29 is 13.2 Å². The largest absolute Gasteiger partial charge is 0.378 e. The van der Waals surface area contributed by atoms with Gasteiger partial charge in [0, 0.05) is 26.3 Å². The van der Waals surface area contributed by atoms with E-state index in [1.165, 1.54) is 0 Å². The topological polar surface area (TPSA) is 78.5 Å². The second-order valence-electron chi connectivity index (χ2n) is 7.90. The number of rotatable bonds is 9. The predicted molar refractivity (Wildman–Crippen MR) is 117 cm³/mol. The van der Waals surface area contributed by atoms with E-state index in [1.807, 2.05) is 64.0 Å². The molecule has 6 nitrogen and oxygen atoms in total. The minimum absolute atomic E-state index is 0.156. The highest BCUT2D eigenvalue weighted by molar-refractivity contribution is 7.89. The maximum absolute atomic E-state index is 12.7. The van der Waals surface area contributed by atoms with Gasteiger partial charge in [-0.25, -0.2) is 8.42 Å². The molecular weight excluding hydrogens is 386 g/mol. The Labute approximate surface area is 174 Å². The number of anilines is 1. The number of hydrogen-bond acceptors (Lipinski definition) is 4. The first-order valence-electron chi connectivity index (χ1n) is 9.71. The van der Waals surface area contributed by atoms with E-state index in [-0.39, 0.29) is 16.7 Å². The van der Waals surface area contributed by atoms with E-state index in [2.05, 4.69) is 10.0 Å². The van der Waals surface area contributed by atoms with Crippen molar-refractivity contribution in [2.45, 2.75) is 44.7 Å². The molecule has 29 heavy (non-hydrogen) atoms. The fourth-order valence-electron chi connectivity index (χ4n) is 2.88. The van der Waals surface area contributed by atoms with Crippen LogP contribution in [0.3, 0.4) is 0 Å². The van der Waals surface area contributed by atoms with E-state index in [0.717, 1.165) is 16.8 Å². The number of aryl methyl sites for hydroxylation is 1. The van der Waals surface area contributed by atoms with Gasteiger partial charge >= 0.3 is 0 Å². The van der Waals surface area contributed by atoms with Gasteiger partial charge in [-0.1, -0.05) is 43.7 Å². The minimum Gasteiger partial charge on any atom is -0.378 e. The van der Waals surface area contributed by atoms with Crippen LogP contribution in [0.1, 0.15) is 31.4 Å². The maximum atomic E-state index is 12.7. The molecule has 0 aromatic heterocycles. The summed E-state index contributed by atoms with van der Waals surface area (Å²) in [6, 6.07) is 13.6. The van der Waals surface area contributed by atoms with Crippen LogP contribution >= 0.6 is 0 Å². The average Bonchev–Trinajstić information content (AvgIpc) is 2.65. The Balaban J connectivity index is 2.08. The molecule has 0 aliphatic rings. The van der Waals surface area contributed by atoms with Crippen molar-refractivity contribution in [3.8, 4) is 0 Å². The van der Waals surface area contributed by atoms with Crippen LogP contribution in [-0.4, -0.2) is 34.5 Å². The summed E-state index contributed by atoms with van der Waals surface area (Å²) in [5.41, 5.74) is 3.00. The molecule has 2 rings (SSSR count). The van der Waals surface area contributed by atoms with Crippen molar-refractivity contribution in [3.05, 3.63) is 59.7 Å². The van der Waals surface area contributed by atoms with Crippen molar-refractivity contribution in [1.82, 2.24) is 10.0 Å². The Morgan fingerprint density at radius 1 is 1.00 bits per heavy atom. The summed E-state index contributed by atoms with van der Waals surface area (Å²) in [5, 5.41) is 2.86. The van der Waals surface area contributed by atoms with Crippen molar-refractivity contribution in [3.63, 3.8) is 0 Å². The van der Waals surface area contributed by atoms with E-state index in [9.17, 15) is 13.2 Å². The molecule has 0 fully saturated rings. The lowest BCUT2D eigenvalue weighted by molar-refractivity contribution is -0.123. The first-order valence-corrected chi connectivity index (χ1v) is 11.2. The normalized spacial score (nSPS) is 12.6. The molecule has 7 heteroatoms. The molecule has 0 saturated heterocycles. The third-order valence-electron chi connectivity index (χ3n) is 4.57. The predicted octanol–water partition coefficient (Wildman–Crippen LogP) is 3.07. The van der Waals surface area contributed by atoms with E-state index in [0.29, 0.717) is 13.0 Å².